The first-order valence-corrected chi connectivity index (χ1v) is 13.6. The highest BCUT2D eigenvalue weighted by molar-refractivity contribution is 5.99. The van der Waals surface area contributed by atoms with E-state index in [2.05, 4.69) is 31.1 Å². The second-order valence-corrected chi connectivity index (χ2v) is 10.0. The molecule has 0 spiro atoms. The van der Waals surface area contributed by atoms with Gasteiger partial charge in [-0.05, 0) is 54.3 Å². The summed E-state index contributed by atoms with van der Waals surface area (Å²) in [5.41, 5.74) is 1.27. The van der Waals surface area contributed by atoms with Crippen molar-refractivity contribution in [3.8, 4) is 0 Å². The first-order valence-electron chi connectivity index (χ1n) is 13.6. The number of aromatic nitrogens is 5. The van der Waals surface area contributed by atoms with Gasteiger partial charge in [0.05, 0.1) is 12.5 Å². The molecule has 0 bridgehead atoms. The van der Waals surface area contributed by atoms with E-state index in [-0.39, 0.29) is 13.1 Å². The molecule has 1 fully saturated rings. The fourth-order valence-corrected chi connectivity index (χ4v) is 4.69. The van der Waals surface area contributed by atoms with Crippen LogP contribution in [0.25, 0.3) is 0 Å². The molecule has 14 nitrogen and oxygen atoms in total. The van der Waals surface area contributed by atoms with Crippen LogP contribution in [0.1, 0.15) is 54.4 Å². The van der Waals surface area contributed by atoms with Crippen LogP contribution in [0.15, 0.2) is 54.9 Å². The molecule has 0 aliphatic carbocycles. The fourth-order valence-electron chi connectivity index (χ4n) is 4.69. The minimum absolute atomic E-state index is 0.264. The number of hydrogen-bond donors (Lipinski definition) is 3. The Bertz CT molecular complexity index is 1410. The van der Waals surface area contributed by atoms with Crippen LogP contribution < -0.4 is 10.6 Å². The number of ketones is 1. The molecule has 0 saturated carbocycles. The monoisotopic (exact) mass is 576 g/mol. The van der Waals surface area contributed by atoms with E-state index in [1.54, 1.807) is 0 Å². The van der Waals surface area contributed by atoms with Crippen molar-refractivity contribution in [1.82, 2.24) is 40.7 Å². The van der Waals surface area contributed by atoms with Crippen LogP contribution in [-0.4, -0.2) is 89.3 Å². The van der Waals surface area contributed by atoms with Gasteiger partial charge in [0.2, 0.25) is 11.8 Å². The average Bonchev–Trinajstić information content (AvgIpc) is 3.33. The van der Waals surface area contributed by atoms with Crippen molar-refractivity contribution in [2.45, 2.75) is 63.7 Å². The van der Waals surface area contributed by atoms with Gasteiger partial charge in [0.15, 0.2) is 11.6 Å². The number of nitrogens with zero attached hydrogens (tertiary/aromatic N) is 6. The Kier molecular flexibility index (Phi) is 10.0. The molecule has 1 aliphatic rings. The van der Waals surface area contributed by atoms with Crippen molar-refractivity contribution in [2.24, 2.45) is 0 Å². The lowest BCUT2D eigenvalue weighted by Gasteiger charge is -2.30. The number of carboxylic acid groups (broad SMARTS) is 1. The number of rotatable bonds is 12. The molecule has 3 amide bonds. The molecule has 3 heterocycles. The summed E-state index contributed by atoms with van der Waals surface area (Å²) in [6.45, 7) is 1.41. The molecular formula is C28H32N8O6. The molecule has 42 heavy (non-hydrogen) atoms. The number of nitrogens with one attached hydrogen (secondary N) is 2. The number of aliphatic carboxylic acids is 1. The van der Waals surface area contributed by atoms with Crippen molar-refractivity contribution in [3.63, 3.8) is 0 Å². The standard InChI is InChI=1S/C28H32N8O6/c1-18(35-14-6-5-9-21(28(35)42)30-27(41)20-10-12-29-13-11-20)26(40)31-22(16-25(38)39)23(37)17-36-24(32-33-34-36)15-19-7-3-2-4-8-19/h2-4,7-8,10-13,18,21-22H,5-6,9,14-17H2,1H3,(H,30,41)(H,31,40)(H,38,39). The zero-order chi connectivity index (χ0) is 30.1. The van der Waals surface area contributed by atoms with E-state index in [0.29, 0.717) is 37.1 Å². The highest BCUT2D eigenvalue weighted by Crippen LogP contribution is 2.16. The van der Waals surface area contributed by atoms with Gasteiger partial charge in [-0.15, -0.1) is 5.10 Å². The minimum Gasteiger partial charge on any atom is -0.481 e. The first kappa shape index (κ1) is 30.0. The molecule has 220 valence electrons. The Hall–Kier alpha value is -5.01. The smallest absolute Gasteiger partial charge is 0.305 e. The Morgan fingerprint density at radius 3 is 2.52 bits per heavy atom. The fraction of sp³-hybridized carbons (Fsp3) is 0.393. The normalized spacial score (nSPS) is 16.6. The van der Waals surface area contributed by atoms with Crippen LogP contribution in [0.2, 0.25) is 0 Å². The number of carboxylic acids is 1. The van der Waals surface area contributed by atoms with Crippen molar-refractivity contribution >= 4 is 29.5 Å². The summed E-state index contributed by atoms with van der Waals surface area (Å²) in [6, 6.07) is 9.17. The predicted octanol–water partition coefficient (Wildman–Crippen LogP) is 0.387. The summed E-state index contributed by atoms with van der Waals surface area (Å²) in [6.07, 6.45) is 4.29. The SMILES string of the molecule is CC(C(=O)NC(CC(=O)O)C(=O)Cn1nnnc1Cc1ccccc1)N1CCCCC(NC(=O)c2ccncc2)C1=O. The maximum atomic E-state index is 13.4. The lowest BCUT2D eigenvalue weighted by atomic mass is 10.1. The Balaban J connectivity index is 1.42. The first-order chi connectivity index (χ1) is 20.2. The van der Waals surface area contributed by atoms with Crippen LogP contribution >= 0.6 is 0 Å². The van der Waals surface area contributed by atoms with E-state index in [9.17, 15) is 29.1 Å². The van der Waals surface area contributed by atoms with E-state index < -0.39 is 54.0 Å². The molecule has 3 aromatic rings. The van der Waals surface area contributed by atoms with Crippen LogP contribution in [0, 0.1) is 0 Å². The van der Waals surface area contributed by atoms with Crippen LogP contribution in [-0.2, 0) is 32.1 Å². The quantitative estimate of drug-likeness (QED) is 0.272. The van der Waals surface area contributed by atoms with Gasteiger partial charge in [0.25, 0.3) is 5.91 Å². The lowest BCUT2D eigenvalue weighted by molar-refractivity contribution is -0.143. The summed E-state index contributed by atoms with van der Waals surface area (Å²) in [5.74, 6) is -3.05. The third kappa shape index (κ3) is 7.80. The molecule has 1 aliphatic heterocycles. The number of likely N-dealkylation sites (tertiary alicyclic amines) is 1. The van der Waals surface area contributed by atoms with Crippen LogP contribution in [0.3, 0.4) is 0 Å². The van der Waals surface area contributed by atoms with Gasteiger partial charge >= 0.3 is 5.97 Å². The Morgan fingerprint density at radius 2 is 1.81 bits per heavy atom. The van der Waals surface area contributed by atoms with E-state index in [1.165, 1.54) is 41.0 Å². The lowest BCUT2D eigenvalue weighted by Crippen LogP contribution is -2.56. The zero-order valence-corrected chi connectivity index (χ0v) is 23.0. The van der Waals surface area contributed by atoms with Gasteiger partial charge in [-0.2, -0.15) is 0 Å². The van der Waals surface area contributed by atoms with Gasteiger partial charge in [-0.3, -0.25) is 29.0 Å². The summed E-state index contributed by atoms with van der Waals surface area (Å²) in [4.78, 5) is 69.3. The highest BCUT2D eigenvalue weighted by Gasteiger charge is 2.35. The second kappa shape index (κ2) is 14.1. The molecule has 1 saturated heterocycles. The number of tetrazole rings is 1. The molecule has 14 heteroatoms. The Labute approximate surface area is 241 Å². The summed E-state index contributed by atoms with van der Waals surface area (Å²) in [5, 5.41) is 26.2. The molecule has 4 rings (SSSR count). The minimum atomic E-state index is -1.38. The number of hydrogen-bond acceptors (Lipinski definition) is 9. The zero-order valence-electron chi connectivity index (χ0n) is 23.0. The molecule has 3 N–H and O–H groups in total. The van der Waals surface area contributed by atoms with Crippen molar-refractivity contribution in [2.75, 3.05) is 6.54 Å². The van der Waals surface area contributed by atoms with Gasteiger partial charge in [-0.1, -0.05) is 30.3 Å². The molecule has 3 atom stereocenters. The molecular weight excluding hydrogens is 544 g/mol. The molecule has 3 unspecified atom stereocenters. The van der Waals surface area contributed by atoms with E-state index in [0.717, 1.165) is 5.56 Å². The number of amides is 3. The summed E-state index contributed by atoms with van der Waals surface area (Å²) < 4.78 is 1.27. The Morgan fingerprint density at radius 1 is 1.07 bits per heavy atom. The number of Topliss-reactive ketones (excluding diaryl/α,β-unsaturated/α-hetero) is 1. The van der Waals surface area contributed by atoms with E-state index >= 15 is 0 Å². The van der Waals surface area contributed by atoms with Crippen LogP contribution in [0.4, 0.5) is 0 Å². The van der Waals surface area contributed by atoms with E-state index in [1.807, 2.05) is 30.3 Å². The third-order valence-electron chi connectivity index (χ3n) is 7.02. The number of carbonyl (C=O) groups is 5. The maximum absolute atomic E-state index is 13.4. The number of carbonyl (C=O) groups excluding carboxylic acids is 4. The van der Waals surface area contributed by atoms with Gasteiger partial charge in [0.1, 0.15) is 18.6 Å². The molecule has 2 aromatic heterocycles. The average molecular weight is 577 g/mol. The second-order valence-electron chi connectivity index (χ2n) is 10.0. The van der Waals surface area contributed by atoms with Gasteiger partial charge in [-0.25, -0.2) is 4.68 Å². The molecule has 0 radical (unpaired) electrons. The van der Waals surface area contributed by atoms with Crippen LogP contribution in [0.5, 0.6) is 0 Å². The largest absolute Gasteiger partial charge is 0.481 e. The number of pyridine rings is 1. The molecule has 1 aromatic carbocycles. The highest BCUT2D eigenvalue weighted by atomic mass is 16.4. The van der Waals surface area contributed by atoms with E-state index in [4.69, 9.17) is 0 Å². The third-order valence-corrected chi connectivity index (χ3v) is 7.02. The van der Waals surface area contributed by atoms with Crippen molar-refractivity contribution < 1.29 is 29.1 Å². The van der Waals surface area contributed by atoms with Gasteiger partial charge in [0, 0.05) is 30.9 Å². The number of benzene rings is 1. The van der Waals surface area contributed by atoms with Crippen molar-refractivity contribution in [1.29, 1.82) is 0 Å². The maximum Gasteiger partial charge on any atom is 0.305 e. The summed E-state index contributed by atoms with van der Waals surface area (Å²) in [7, 11) is 0. The van der Waals surface area contributed by atoms with Crippen molar-refractivity contribution in [3.05, 3.63) is 71.8 Å². The predicted molar refractivity (Wildman–Crippen MR) is 147 cm³/mol. The summed E-state index contributed by atoms with van der Waals surface area (Å²) >= 11 is 0. The van der Waals surface area contributed by atoms with Gasteiger partial charge < -0.3 is 20.6 Å². The topological polar surface area (TPSA) is 189 Å².